The smallest absolute Gasteiger partial charge is 0.340 e. The fourth-order valence-corrected chi connectivity index (χ4v) is 4.14. The van der Waals surface area contributed by atoms with Gasteiger partial charge < -0.3 is 15.0 Å². The van der Waals surface area contributed by atoms with Gasteiger partial charge in [0, 0.05) is 17.3 Å². The van der Waals surface area contributed by atoms with Crippen molar-refractivity contribution in [2.75, 3.05) is 6.61 Å². The van der Waals surface area contributed by atoms with Crippen LogP contribution in [0, 0.1) is 19.8 Å². The highest BCUT2D eigenvalue weighted by atomic mass is 16.5. The lowest BCUT2D eigenvalue weighted by Gasteiger charge is -2.29. The number of hydrogen-bond donors (Lipinski definition) is 2. The number of carbonyl (C=O) groups is 3. The van der Waals surface area contributed by atoms with Crippen molar-refractivity contribution in [3.8, 4) is 11.1 Å². The summed E-state index contributed by atoms with van der Waals surface area (Å²) in [6.45, 7) is 7.73. The van der Waals surface area contributed by atoms with E-state index in [2.05, 4.69) is 17.2 Å². The van der Waals surface area contributed by atoms with E-state index < -0.39 is 17.7 Å². The molecule has 0 spiro atoms. The monoisotopic (exact) mass is 410 g/mol. The van der Waals surface area contributed by atoms with Crippen molar-refractivity contribution in [3.05, 3.63) is 46.8 Å². The van der Waals surface area contributed by atoms with Crippen LogP contribution in [-0.2, 0) is 9.53 Å². The van der Waals surface area contributed by atoms with E-state index in [1.807, 2.05) is 31.2 Å². The fourth-order valence-electron chi connectivity index (χ4n) is 4.14. The average Bonchev–Trinajstić information content (AvgIpc) is 3.07. The summed E-state index contributed by atoms with van der Waals surface area (Å²) < 4.78 is 5.21. The first kappa shape index (κ1) is 21.8. The first-order chi connectivity index (χ1) is 14.3. The van der Waals surface area contributed by atoms with Crippen molar-refractivity contribution < 1.29 is 19.1 Å². The molecule has 0 saturated heterocycles. The lowest BCUT2D eigenvalue weighted by atomic mass is 9.86. The number of ketones is 1. The van der Waals surface area contributed by atoms with Gasteiger partial charge in [0.25, 0.3) is 11.7 Å². The number of ether oxygens (including phenoxy) is 1. The third-order valence-electron chi connectivity index (χ3n) is 5.87. The summed E-state index contributed by atoms with van der Waals surface area (Å²) in [5.74, 6) is -1.48. The number of esters is 1. The van der Waals surface area contributed by atoms with Crippen LogP contribution in [0.15, 0.2) is 24.3 Å². The number of hydrogen-bond acceptors (Lipinski definition) is 4. The summed E-state index contributed by atoms with van der Waals surface area (Å²) >= 11 is 0. The van der Waals surface area contributed by atoms with Gasteiger partial charge in [-0.25, -0.2) is 4.79 Å². The molecule has 0 radical (unpaired) electrons. The van der Waals surface area contributed by atoms with Crippen molar-refractivity contribution in [2.24, 2.45) is 5.92 Å². The Morgan fingerprint density at radius 2 is 1.77 bits per heavy atom. The number of H-pyrrole nitrogens is 1. The minimum atomic E-state index is -0.665. The molecule has 6 heteroatoms. The summed E-state index contributed by atoms with van der Waals surface area (Å²) in [4.78, 5) is 41.6. The van der Waals surface area contributed by atoms with Crippen LogP contribution in [0.2, 0.25) is 0 Å². The molecule has 0 aliphatic heterocycles. The van der Waals surface area contributed by atoms with E-state index in [0.29, 0.717) is 28.3 Å². The van der Waals surface area contributed by atoms with Crippen molar-refractivity contribution >= 4 is 17.7 Å². The van der Waals surface area contributed by atoms with Gasteiger partial charge in [0.05, 0.1) is 12.2 Å². The van der Waals surface area contributed by atoms with Crippen molar-refractivity contribution in [1.29, 1.82) is 0 Å². The third kappa shape index (κ3) is 4.48. The molecule has 1 aliphatic carbocycles. The van der Waals surface area contributed by atoms with E-state index in [4.69, 9.17) is 4.74 Å². The maximum Gasteiger partial charge on any atom is 0.340 e. The Bertz CT molecular complexity index is 943. The number of benzene rings is 1. The topological polar surface area (TPSA) is 88.3 Å². The lowest BCUT2D eigenvalue weighted by Crippen LogP contribution is -2.44. The summed E-state index contributed by atoms with van der Waals surface area (Å²) in [5, 5.41) is 2.91. The molecule has 1 heterocycles. The van der Waals surface area contributed by atoms with Crippen LogP contribution in [-0.4, -0.2) is 35.3 Å². The Labute approximate surface area is 177 Å². The Morgan fingerprint density at radius 1 is 1.10 bits per heavy atom. The van der Waals surface area contributed by atoms with Crippen LogP contribution in [0.4, 0.5) is 0 Å². The lowest BCUT2D eigenvalue weighted by molar-refractivity contribution is -0.118. The molecule has 1 amide bonds. The van der Waals surface area contributed by atoms with Gasteiger partial charge in [-0.05, 0) is 45.1 Å². The molecule has 2 atom stereocenters. The molecule has 3 rings (SSSR count). The number of aromatic amines is 1. The van der Waals surface area contributed by atoms with Gasteiger partial charge in [-0.1, -0.05) is 49.6 Å². The van der Waals surface area contributed by atoms with Gasteiger partial charge in [0.1, 0.15) is 5.69 Å². The summed E-state index contributed by atoms with van der Waals surface area (Å²) in [6.07, 6.45) is 4.12. The second kappa shape index (κ2) is 9.28. The van der Waals surface area contributed by atoms with Gasteiger partial charge in [-0.2, -0.15) is 0 Å². The average molecular weight is 411 g/mol. The number of Topliss-reactive ketones (excluding diaryl/α,β-unsaturated/α-hetero) is 1. The Balaban J connectivity index is 1.99. The Morgan fingerprint density at radius 3 is 2.40 bits per heavy atom. The van der Waals surface area contributed by atoms with Gasteiger partial charge in [0.15, 0.2) is 0 Å². The van der Waals surface area contributed by atoms with E-state index >= 15 is 0 Å². The summed E-state index contributed by atoms with van der Waals surface area (Å²) in [6, 6.07) is 7.51. The molecule has 1 aliphatic rings. The van der Waals surface area contributed by atoms with Crippen molar-refractivity contribution in [1.82, 2.24) is 10.3 Å². The zero-order valence-electron chi connectivity index (χ0n) is 18.1. The Hall–Kier alpha value is -2.89. The number of nitrogens with one attached hydrogen (secondary N) is 2. The second-order valence-corrected chi connectivity index (χ2v) is 8.13. The zero-order chi connectivity index (χ0) is 21.8. The van der Waals surface area contributed by atoms with Crippen LogP contribution in [0.1, 0.15) is 71.6 Å². The highest BCUT2D eigenvalue weighted by Crippen LogP contribution is 2.32. The molecule has 0 unspecified atom stereocenters. The third-order valence-corrected chi connectivity index (χ3v) is 5.87. The van der Waals surface area contributed by atoms with Crippen LogP contribution in [0.5, 0.6) is 0 Å². The van der Waals surface area contributed by atoms with Crippen LogP contribution < -0.4 is 5.32 Å². The Kier molecular flexibility index (Phi) is 6.75. The van der Waals surface area contributed by atoms with Crippen LogP contribution in [0.3, 0.4) is 0 Å². The van der Waals surface area contributed by atoms with Gasteiger partial charge >= 0.3 is 5.97 Å². The number of amides is 1. The number of aryl methyl sites for hydroxylation is 2. The maximum atomic E-state index is 13.1. The predicted octanol–water partition coefficient (Wildman–Crippen LogP) is 4.35. The molecule has 1 saturated carbocycles. The van der Waals surface area contributed by atoms with E-state index in [1.165, 1.54) is 0 Å². The molecule has 6 nitrogen and oxygen atoms in total. The SMILES string of the molecule is CCOC(=O)c1c(C)[nH]c(C(=O)C(=O)N[C@H]2CCCC[C@@H]2C)c1-c1ccc(C)cc1. The number of aromatic nitrogens is 1. The maximum absolute atomic E-state index is 13.1. The molecule has 1 aromatic heterocycles. The standard InChI is InChI=1S/C24H30N2O4/c1-5-30-24(29)19-16(4)25-21(20(19)17-12-10-14(2)11-13-17)22(27)23(28)26-18-9-7-6-8-15(18)3/h10-13,15,18,25H,5-9H2,1-4H3,(H,26,28)/t15-,18-/m0/s1. The molecule has 1 aromatic carbocycles. The minimum absolute atomic E-state index is 0.00129. The normalized spacial score (nSPS) is 18.7. The molecular weight excluding hydrogens is 380 g/mol. The molecular formula is C24H30N2O4. The number of rotatable bonds is 6. The van der Waals surface area contributed by atoms with E-state index in [-0.39, 0.29) is 18.3 Å². The van der Waals surface area contributed by atoms with E-state index in [1.54, 1.807) is 13.8 Å². The molecule has 1 fully saturated rings. The van der Waals surface area contributed by atoms with E-state index in [0.717, 1.165) is 31.2 Å². The first-order valence-electron chi connectivity index (χ1n) is 10.6. The summed E-state index contributed by atoms with van der Waals surface area (Å²) in [7, 11) is 0. The van der Waals surface area contributed by atoms with Crippen molar-refractivity contribution in [2.45, 2.75) is 59.4 Å². The van der Waals surface area contributed by atoms with Gasteiger partial charge in [0.2, 0.25) is 0 Å². The van der Waals surface area contributed by atoms with E-state index in [9.17, 15) is 14.4 Å². The molecule has 160 valence electrons. The summed E-state index contributed by atoms with van der Waals surface area (Å²) in [5.41, 5.74) is 3.09. The van der Waals surface area contributed by atoms with Gasteiger partial charge in [-0.3, -0.25) is 9.59 Å². The highest BCUT2D eigenvalue weighted by Gasteiger charge is 2.32. The second-order valence-electron chi connectivity index (χ2n) is 8.13. The van der Waals surface area contributed by atoms with Gasteiger partial charge in [-0.15, -0.1) is 0 Å². The molecule has 2 aromatic rings. The van der Waals surface area contributed by atoms with Crippen molar-refractivity contribution in [3.63, 3.8) is 0 Å². The largest absolute Gasteiger partial charge is 0.462 e. The first-order valence-corrected chi connectivity index (χ1v) is 10.6. The molecule has 0 bridgehead atoms. The quantitative estimate of drug-likeness (QED) is 0.421. The number of carbonyl (C=O) groups excluding carboxylic acids is 3. The minimum Gasteiger partial charge on any atom is -0.462 e. The molecule has 30 heavy (non-hydrogen) atoms. The zero-order valence-corrected chi connectivity index (χ0v) is 18.1. The highest BCUT2D eigenvalue weighted by molar-refractivity contribution is 6.44. The molecule has 2 N–H and O–H groups in total. The van der Waals surface area contributed by atoms with Crippen LogP contribution in [0.25, 0.3) is 11.1 Å². The van der Waals surface area contributed by atoms with Crippen LogP contribution >= 0.6 is 0 Å². The predicted molar refractivity (Wildman–Crippen MR) is 116 cm³/mol. The fraction of sp³-hybridized carbons (Fsp3) is 0.458.